The molecule has 9 heteroatoms. The lowest BCUT2D eigenvalue weighted by Gasteiger charge is -2.43. The summed E-state index contributed by atoms with van der Waals surface area (Å²) in [6.45, 7) is 3.79. The number of Topliss-reactive ketones (excluding diaryl/α,β-unsaturated/α-hetero) is 2. The Morgan fingerprint density at radius 1 is 1.28 bits per heavy atom. The maximum absolute atomic E-state index is 13.1. The monoisotopic (exact) mass is 348 g/mol. The predicted octanol–water partition coefficient (Wildman–Crippen LogP) is 0.358. The van der Waals surface area contributed by atoms with Gasteiger partial charge in [0.1, 0.15) is 0 Å². The minimum Gasteiger partial charge on any atom is -0.328 e. The van der Waals surface area contributed by atoms with Crippen molar-refractivity contribution in [2.24, 2.45) is 17.0 Å². The fourth-order valence-electron chi connectivity index (χ4n) is 4.29. The standard InChI is InChI=1S/C16H24N6O3/c1-8-13(23)7-18-9(2)20-14-10(6-19-21-17)5-11-3-4-12(15(8)24)22(11)16(14)25/h8-12,14,18,20H,3-7H2,1-2H3/t8?,9?,10-,11-,12+,14+/m1/s1. The van der Waals surface area contributed by atoms with Crippen LogP contribution in [0.5, 0.6) is 0 Å². The molecule has 0 aliphatic carbocycles. The number of piperidine rings is 1. The van der Waals surface area contributed by atoms with E-state index in [1.54, 1.807) is 11.8 Å². The number of carbonyl (C=O) groups is 3. The van der Waals surface area contributed by atoms with Crippen LogP contribution in [0, 0.1) is 11.8 Å². The zero-order valence-electron chi connectivity index (χ0n) is 14.5. The molecule has 0 aromatic heterocycles. The van der Waals surface area contributed by atoms with Crippen LogP contribution in [0.4, 0.5) is 0 Å². The van der Waals surface area contributed by atoms with E-state index in [0.717, 1.165) is 6.42 Å². The molecule has 3 fully saturated rings. The number of rotatable bonds is 2. The molecule has 3 aliphatic rings. The lowest BCUT2D eigenvalue weighted by atomic mass is 9.86. The quantitative estimate of drug-likeness (QED) is 0.322. The Kier molecular flexibility index (Phi) is 5.08. The van der Waals surface area contributed by atoms with Crippen LogP contribution in [-0.4, -0.2) is 59.8 Å². The highest BCUT2D eigenvalue weighted by Gasteiger charge is 2.50. The van der Waals surface area contributed by atoms with Gasteiger partial charge in [0.2, 0.25) is 5.91 Å². The van der Waals surface area contributed by atoms with E-state index in [2.05, 4.69) is 20.7 Å². The van der Waals surface area contributed by atoms with Gasteiger partial charge in [-0.3, -0.25) is 25.0 Å². The molecule has 0 aromatic rings. The number of nitrogens with one attached hydrogen (secondary N) is 2. The first-order valence-corrected chi connectivity index (χ1v) is 8.83. The molecule has 2 N–H and O–H groups in total. The molecule has 2 unspecified atom stereocenters. The molecule has 0 saturated carbocycles. The molecule has 3 saturated heterocycles. The van der Waals surface area contributed by atoms with Gasteiger partial charge < -0.3 is 4.90 Å². The molecule has 3 aliphatic heterocycles. The molecule has 136 valence electrons. The lowest BCUT2D eigenvalue weighted by molar-refractivity contribution is -0.148. The predicted molar refractivity (Wildman–Crippen MR) is 89.3 cm³/mol. The first kappa shape index (κ1) is 17.8. The van der Waals surface area contributed by atoms with Gasteiger partial charge in [-0.2, -0.15) is 0 Å². The summed E-state index contributed by atoms with van der Waals surface area (Å²) in [7, 11) is 0. The summed E-state index contributed by atoms with van der Waals surface area (Å²) in [5.41, 5.74) is 8.63. The van der Waals surface area contributed by atoms with E-state index in [-0.39, 0.29) is 48.7 Å². The van der Waals surface area contributed by atoms with Gasteiger partial charge in [0.25, 0.3) is 0 Å². The lowest BCUT2D eigenvalue weighted by Crippen LogP contribution is -2.63. The van der Waals surface area contributed by atoms with Crippen molar-refractivity contribution >= 4 is 17.5 Å². The van der Waals surface area contributed by atoms with Crippen LogP contribution in [0.2, 0.25) is 0 Å². The van der Waals surface area contributed by atoms with Crippen molar-refractivity contribution in [3.05, 3.63) is 10.4 Å². The first-order chi connectivity index (χ1) is 11.9. The number of hydrogen-bond acceptors (Lipinski definition) is 6. The number of azide groups is 1. The molecule has 3 rings (SSSR count). The summed E-state index contributed by atoms with van der Waals surface area (Å²) in [6.07, 6.45) is 1.76. The highest BCUT2D eigenvalue weighted by Crippen LogP contribution is 2.37. The van der Waals surface area contributed by atoms with Crippen LogP contribution < -0.4 is 10.6 Å². The van der Waals surface area contributed by atoms with Gasteiger partial charge in [-0.15, -0.1) is 0 Å². The molecule has 2 bridgehead atoms. The number of fused-ring (bicyclic) bond motifs is 1. The minimum atomic E-state index is -0.714. The minimum absolute atomic E-state index is 0.0234. The summed E-state index contributed by atoms with van der Waals surface area (Å²) in [5, 5.41) is 9.93. The van der Waals surface area contributed by atoms with E-state index >= 15 is 0 Å². The van der Waals surface area contributed by atoms with Crippen molar-refractivity contribution in [2.75, 3.05) is 13.1 Å². The van der Waals surface area contributed by atoms with Gasteiger partial charge in [0.05, 0.1) is 30.7 Å². The third-order valence-electron chi connectivity index (χ3n) is 5.70. The van der Waals surface area contributed by atoms with Crippen LogP contribution in [0.1, 0.15) is 33.1 Å². The third kappa shape index (κ3) is 3.27. The second-order valence-electron chi connectivity index (χ2n) is 7.24. The fraction of sp³-hybridized carbons (Fsp3) is 0.812. The summed E-state index contributed by atoms with van der Waals surface area (Å²) >= 11 is 0. The van der Waals surface area contributed by atoms with Crippen molar-refractivity contribution in [3.63, 3.8) is 0 Å². The van der Waals surface area contributed by atoms with Gasteiger partial charge in [0.15, 0.2) is 11.6 Å². The molecule has 0 spiro atoms. The van der Waals surface area contributed by atoms with Crippen molar-refractivity contribution < 1.29 is 14.4 Å². The molecule has 25 heavy (non-hydrogen) atoms. The number of carbonyl (C=O) groups excluding carboxylic acids is 3. The summed E-state index contributed by atoms with van der Waals surface area (Å²) < 4.78 is 0. The summed E-state index contributed by atoms with van der Waals surface area (Å²) in [5.74, 6) is -1.27. The van der Waals surface area contributed by atoms with Gasteiger partial charge in [-0.1, -0.05) is 5.11 Å². The van der Waals surface area contributed by atoms with Crippen molar-refractivity contribution in [1.82, 2.24) is 15.5 Å². The normalized spacial score (nSPS) is 39.0. The van der Waals surface area contributed by atoms with Gasteiger partial charge in [0, 0.05) is 17.5 Å². The summed E-state index contributed by atoms with van der Waals surface area (Å²) in [6, 6.07) is -1.07. The van der Waals surface area contributed by atoms with Crippen LogP contribution in [0.15, 0.2) is 5.11 Å². The maximum Gasteiger partial charge on any atom is 0.240 e. The molecule has 1 amide bonds. The fourth-order valence-corrected chi connectivity index (χ4v) is 4.29. The highest BCUT2D eigenvalue weighted by atomic mass is 16.2. The van der Waals surface area contributed by atoms with Crippen molar-refractivity contribution in [1.29, 1.82) is 0 Å². The number of ketones is 2. The Morgan fingerprint density at radius 2 is 2.04 bits per heavy atom. The van der Waals surface area contributed by atoms with Crippen LogP contribution in [-0.2, 0) is 14.4 Å². The van der Waals surface area contributed by atoms with Gasteiger partial charge in [-0.05, 0) is 44.6 Å². The van der Waals surface area contributed by atoms with E-state index in [1.807, 2.05) is 6.92 Å². The molecular formula is C16H24N6O3. The van der Waals surface area contributed by atoms with Crippen LogP contribution in [0.3, 0.4) is 0 Å². The van der Waals surface area contributed by atoms with E-state index in [1.165, 1.54) is 0 Å². The number of nitrogens with zero attached hydrogens (tertiary/aromatic N) is 4. The smallest absolute Gasteiger partial charge is 0.240 e. The average Bonchev–Trinajstić information content (AvgIpc) is 3.02. The van der Waals surface area contributed by atoms with E-state index in [0.29, 0.717) is 12.8 Å². The zero-order valence-corrected chi connectivity index (χ0v) is 14.5. The first-order valence-electron chi connectivity index (χ1n) is 8.83. The van der Waals surface area contributed by atoms with Gasteiger partial charge >= 0.3 is 0 Å². The van der Waals surface area contributed by atoms with Crippen LogP contribution in [0.25, 0.3) is 10.4 Å². The van der Waals surface area contributed by atoms with E-state index in [9.17, 15) is 14.4 Å². The van der Waals surface area contributed by atoms with Crippen molar-refractivity contribution in [2.45, 2.75) is 57.4 Å². The average molecular weight is 348 g/mol. The summed E-state index contributed by atoms with van der Waals surface area (Å²) in [4.78, 5) is 42.7. The van der Waals surface area contributed by atoms with E-state index in [4.69, 9.17) is 5.53 Å². The molecule has 6 atom stereocenters. The molecular weight excluding hydrogens is 324 g/mol. The molecule has 0 radical (unpaired) electrons. The van der Waals surface area contributed by atoms with Crippen LogP contribution >= 0.6 is 0 Å². The molecule has 3 heterocycles. The van der Waals surface area contributed by atoms with Gasteiger partial charge in [-0.25, -0.2) is 0 Å². The largest absolute Gasteiger partial charge is 0.328 e. The molecule has 9 nitrogen and oxygen atoms in total. The maximum atomic E-state index is 13.1. The topological polar surface area (TPSA) is 127 Å². The Morgan fingerprint density at radius 3 is 2.76 bits per heavy atom. The SMILES string of the molecule is CC1NCC(=O)C(C)C(=O)[C@@H]2CC[C@@H]3C[C@H](CN=[N+]=[N-])[C@H](N1)C(=O)N32. The highest BCUT2D eigenvalue weighted by molar-refractivity contribution is 6.06. The second-order valence-corrected chi connectivity index (χ2v) is 7.24. The Hall–Kier alpha value is -1.96. The second kappa shape index (κ2) is 7.11. The number of amides is 1. The molecule has 0 aromatic carbocycles. The van der Waals surface area contributed by atoms with E-state index < -0.39 is 18.0 Å². The Balaban J connectivity index is 1.95. The zero-order chi connectivity index (χ0) is 18.1. The number of hydrogen-bond donors (Lipinski definition) is 2. The Bertz CT molecular complexity index is 631. The van der Waals surface area contributed by atoms with Crippen molar-refractivity contribution in [3.8, 4) is 0 Å². The third-order valence-corrected chi connectivity index (χ3v) is 5.70. The Labute approximate surface area is 146 Å².